The first-order valence-electron chi connectivity index (χ1n) is 8.59. The normalized spacial score (nSPS) is 10.8. The van der Waals surface area contributed by atoms with Gasteiger partial charge in [-0.3, -0.25) is 4.79 Å². The van der Waals surface area contributed by atoms with Gasteiger partial charge in [-0.2, -0.15) is 0 Å². The molecule has 0 aliphatic carbocycles. The second kappa shape index (κ2) is 7.84. The van der Waals surface area contributed by atoms with E-state index in [4.69, 9.17) is 4.74 Å². The topological polar surface area (TPSA) is 38.3 Å². The van der Waals surface area contributed by atoms with E-state index in [0.717, 1.165) is 16.9 Å². The van der Waals surface area contributed by atoms with Crippen LogP contribution in [0.15, 0.2) is 66.7 Å². The van der Waals surface area contributed by atoms with E-state index >= 15 is 0 Å². The molecule has 0 atom stereocenters. The Morgan fingerprint density at radius 2 is 1.68 bits per heavy atom. The summed E-state index contributed by atoms with van der Waals surface area (Å²) in [7, 11) is 0. The van der Waals surface area contributed by atoms with Crippen molar-refractivity contribution in [1.82, 2.24) is 5.32 Å². The number of carbonyl (C=O) groups is 1. The maximum absolute atomic E-state index is 12.1. The van der Waals surface area contributed by atoms with E-state index in [2.05, 4.69) is 43.4 Å². The van der Waals surface area contributed by atoms with E-state index < -0.39 is 0 Å². The van der Waals surface area contributed by atoms with Crippen LogP contribution in [0.5, 0.6) is 5.75 Å². The predicted molar refractivity (Wildman–Crippen MR) is 102 cm³/mol. The number of rotatable bonds is 6. The highest BCUT2D eigenvalue weighted by atomic mass is 16.5. The average molecular weight is 333 g/mol. The van der Waals surface area contributed by atoms with E-state index in [1.54, 1.807) is 0 Å². The minimum Gasteiger partial charge on any atom is -0.483 e. The molecule has 0 saturated heterocycles. The van der Waals surface area contributed by atoms with E-state index in [0.29, 0.717) is 12.5 Å². The fourth-order valence-electron chi connectivity index (χ4n) is 2.83. The maximum Gasteiger partial charge on any atom is 0.258 e. The summed E-state index contributed by atoms with van der Waals surface area (Å²) >= 11 is 0. The lowest BCUT2D eigenvalue weighted by atomic mass is 10.0. The molecule has 0 bridgehead atoms. The molecule has 0 radical (unpaired) electrons. The molecule has 128 valence electrons. The molecule has 0 unspecified atom stereocenters. The molecule has 1 N–H and O–H groups in total. The monoisotopic (exact) mass is 333 g/mol. The van der Waals surface area contributed by atoms with Gasteiger partial charge in [-0.1, -0.05) is 68.4 Å². The van der Waals surface area contributed by atoms with Gasteiger partial charge in [0.25, 0.3) is 5.91 Å². The largest absolute Gasteiger partial charge is 0.483 e. The highest BCUT2D eigenvalue weighted by Crippen LogP contribution is 2.25. The Labute approximate surface area is 148 Å². The molecule has 3 rings (SSSR count). The van der Waals surface area contributed by atoms with Crippen LogP contribution in [0.25, 0.3) is 10.8 Å². The summed E-state index contributed by atoms with van der Waals surface area (Å²) in [6, 6.07) is 22.3. The smallest absolute Gasteiger partial charge is 0.258 e. The number of nitrogens with one attached hydrogen (secondary N) is 1. The van der Waals surface area contributed by atoms with Crippen LogP contribution in [0.1, 0.15) is 30.9 Å². The SMILES string of the molecule is CC(C)c1ccccc1OCC(=O)NCc1ccc2ccccc2c1. The molecule has 3 heteroatoms. The van der Waals surface area contributed by atoms with Gasteiger partial charge in [0.15, 0.2) is 6.61 Å². The third kappa shape index (κ3) is 4.38. The van der Waals surface area contributed by atoms with Gasteiger partial charge in [0.2, 0.25) is 0 Å². The second-order valence-electron chi connectivity index (χ2n) is 6.44. The number of amides is 1. The van der Waals surface area contributed by atoms with Crippen molar-refractivity contribution in [1.29, 1.82) is 0 Å². The summed E-state index contributed by atoms with van der Waals surface area (Å²) in [5, 5.41) is 5.30. The summed E-state index contributed by atoms with van der Waals surface area (Å²) in [6.07, 6.45) is 0. The van der Waals surface area contributed by atoms with Gasteiger partial charge >= 0.3 is 0 Å². The number of ether oxygens (including phenoxy) is 1. The highest BCUT2D eigenvalue weighted by molar-refractivity contribution is 5.83. The number of fused-ring (bicyclic) bond motifs is 1. The van der Waals surface area contributed by atoms with Gasteiger partial charge in [-0.05, 0) is 39.9 Å². The molecule has 0 fully saturated rings. The lowest BCUT2D eigenvalue weighted by molar-refractivity contribution is -0.123. The molecule has 25 heavy (non-hydrogen) atoms. The minimum absolute atomic E-state index is 0.0251. The van der Waals surface area contributed by atoms with Crippen LogP contribution in [0.3, 0.4) is 0 Å². The highest BCUT2D eigenvalue weighted by Gasteiger charge is 2.09. The third-order valence-electron chi connectivity index (χ3n) is 4.20. The lowest BCUT2D eigenvalue weighted by Crippen LogP contribution is -2.28. The number of hydrogen-bond donors (Lipinski definition) is 1. The Kier molecular flexibility index (Phi) is 5.34. The Morgan fingerprint density at radius 3 is 2.48 bits per heavy atom. The summed E-state index contributed by atoms with van der Waals surface area (Å²) < 4.78 is 5.71. The van der Waals surface area contributed by atoms with E-state index in [-0.39, 0.29) is 12.5 Å². The van der Waals surface area contributed by atoms with Crippen molar-refractivity contribution in [3.8, 4) is 5.75 Å². The van der Waals surface area contributed by atoms with Gasteiger partial charge in [0.1, 0.15) is 5.75 Å². The van der Waals surface area contributed by atoms with Crippen molar-refractivity contribution >= 4 is 16.7 Å². The first kappa shape index (κ1) is 17.0. The van der Waals surface area contributed by atoms with E-state index in [1.165, 1.54) is 10.8 Å². The molecule has 3 aromatic rings. The van der Waals surface area contributed by atoms with Crippen LogP contribution >= 0.6 is 0 Å². The molecule has 0 saturated carbocycles. The quantitative estimate of drug-likeness (QED) is 0.712. The zero-order valence-corrected chi connectivity index (χ0v) is 14.7. The van der Waals surface area contributed by atoms with Crippen LogP contribution in [-0.4, -0.2) is 12.5 Å². The molecule has 0 heterocycles. The summed E-state index contributed by atoms with van der Waals surface area (Å²) in [5.41, 5.74) is 2.19. The number of carbonyl (C=O) groups excluding carboxylic acids is 1. The van der Waals surface area contributed by atoms with E-state index in [9.17, 15) is 4.79 Å². The van der Waals surface area contributed by atoms with Crippen LogP contribution in [-0.2, 0) is 11.3 Å². The second-order valence-corrected chi connectivity index (χ2v) is 6.44. The Bertz CT molecular complexity index is 871. The molecular weight excluding hydrogens is 310 g/mol. The van der Waals surface area contributed by atoms with E-state index in [1.807, 2.05) is 42.5 Å². The molecule has 1 amide bonds. The van der Waals surface area contributed by atoms with Gasteiger partial charge in [0, 0.05) is 6.54 Å². The third-order valence-corrected chi connectivity index (χ3v) is 4.20. The van der Waals surface area contributed by atoms with Crippen LogP contribution in [0.4, 0.5) is 0 Å². The van der Waals surface area contributed by atoms with Crippen molar-refractivity contribution in [2.45, 2.75) is 26.3 Å². The molecule has 3 nitrogen and oxygen atoms in total. The standard InChI is InChI=1S/C22H23NO2/c1-16(2)20-9-5-6-10-21(20)25-15-22(24)23-14-17-11-12-18-7-3-4-8-19(18)13-17/h3-13,16H,14-15H2,1-2H3,(H,23,24). The molecular formula is C22H23NO2. The molecule has 3 aromatic carbocycles. The van der Waals surface area contributed by atoms with Crippen molar-refractivity contribution in [2.24, 2.45) is 0 Å². The first-order valence-corrected chi connectivity index (χ1v) is 8.59. The van der Waals surface area contributed by atoms with Gasteiger partial charge < -0.3 is 10.1 Å². The average Bonchev–Trinajstić information content (AvgIpc) is 2.64. The Hall–Kier alpha value is -2.81. The summed E-state index contributed by atoms with van der Waals surface area (Å²) in [4.78, 5) is 12.1. The Morgan fingerprint density at radius 1 is 0.960 bits per heavy atom. The lowest BCUT2D eigenvalue weighted by Gasteiger charge is -2.13. The maximum atomic E-state index is 12.1. The van der Waals surface area contributed by atoms with Crippen LogP contribution < -0.4 is 10.1 Å². The molecule has 0 aromatic heterocycles. The molecule has 0 aliphatic rings. The Balaban J connectivity index is 1.56. The van der Waals surface area contributed by atoms with Gasteiger partial charge in [-0.15, -0.1) is 0 Å². The minimum atomic E-state index is -0.119. The number of benzene rings is 3. The van der Waals surface area contributed by atoms with Crippen molar-refractivity contribution in [3.05, 3.63) is 77.9 Å². The van der Waals surface area contributed by atoms with Gasteiger partial charge in [-0.25, -0.2) is 0 Å². The van der Waals surface area contributed by atoms with Gasteiger partial charge in [0.05, 0.1) is 0 Å². The van der Waals surface area contributed by atoms with Crippen molar-refractivity contribution < 1.29 is 9.53 Å². The zero-order chi connectivity index (χ0) is 17.6. The predicted octanol–water partition coefficient (Wildman–Crippen LogP) is 4.66. The fraction of sp³-hybridized carbons (Fsp3) is 0.227. The molecule has 0 aliphatic heterocycles. The van der Waals surface area contributed by atoms with Crippen LogP contribution in [0.2, 0.25) is 0 Å². The fourth-order valence-corrected chi connectivity index (χ4v) is 2.83. The summed E-state index contributed by atoms with van der Waals surface area (Å²) in [5.74, 6) is 1.02. The number of hydrogen-bond acceptors (Lipinski definition) is 2. The van der Waals surface area contributed by atoms with Crippen molar-refractivity contribution in [3.63, 3.8) is 0 Å². The van der Waals surface area contributed by atoms with Crippen LogP contribution in [0, 0.1) is 0 Å². The zero-order valence-electron chi connectivity index (χ0n) is 14.7. The first-order chi connectivity index (χ1) is 12.1. The van der Waals surface area contributed by atoms with Crippen molar-refractivity contribution in [2.75, 3.05) is 6.61 Å². The molecule has 0 spiro atoms. The summed E-state index contributed by atoms with van der Waals surface area (Å²) in [6.45, 7) is 4.75. The number of para-hydroxylation sites is 1.